The van der Waals surface area contributed by atoms with Gasteiger partial charge in [0.2, 0.25) is 5.15 Å². The lowest BCUT2D eigenvalue weighted by Crippen LogP contribution is -2.29. The van der Waals surface area contributed by atoms with Crippen LogP contribution in [0.25, 0.3) is 11.3 Å². The number of nitrogens with zero attached hydrogens (tertiary/aromatic N) is 2. The molecule has 70 valence electrons. The van der Waals surface area contributed by atoms with Crippen molar-refractivity contribution in [1.29, 1.82) is 0 Å². The number of benzene rings is 1. The molecule has 0 saturated heterocycles. The van der Waals surface area contributed by atoms with E-state index in [4.69, 9.17) is 11.6 Å². The zero-order valence-corrected chi connectivity index (χ0v) is 7.98. The van der Waals surface area contributed by atoms with Crippen LogP contribution in [-0.4, -0.2) is 4.98 Å². The van der Waals surface area contributed by atoms with E-state index >= 15 is 0 Å². The molecule has 2 rings (SSSR count). The van der Waals surface area contributed by atoms with Crippen LogP contribution in [0.5, 0.6) is 0 Å². The van der Waals surface area contributed by atoms with Crippen molar-refractivity contribution in [3.8, 4) is 11.3 Å². The summed E-state index contributed by atoms with van der Waals surface area (Å²) in [7, 11) is 0. The first-order valence-corrected chi connectivity index (χ1v) is 4.45. The van der Waals surface area contributed by atoms with E-state index in [0.717, 1.165) is 11.9 Å². The zero-order valence-electron chi connectivity index (χ0n) is 7.22. The van der Waals surface area contributed by atoms with Crippen LogP contribution in [0.1, 0.15) is 0 Å². The van der Waals surface area contributed by atoms with Crippen molar-refractivity contribution < 1.29 is 4.73 Å². The molecule has 2 aromatic rings. The van der Waals surface area contributed by atoms with Crippen LogP contribution in [0, 0.1) is 5.21 Å². The Morgan fingerprint density at radius 2 is 1.93 bits per heavy atom. The fraction of sp³-hybridized carbons (Fsp3) is 0. The Labute approximate surface area is 86.2 Å². The molecule has 4 heteroatoms. The van der Waals surface area contributed by atoms with E-state index in [1.54, 1.807) is 6.07 Å². The molecule has 0 atom stereocenters. The van der Waals surface area contributed by atoms with Gasteiger partial charge in [-0.3, -0.25) is 0 Å². The molecule has 0 N–H and O–H groups in total. The molecule has 0 amide bonds. The molecular weight excluding hydrogens is 200 g/mol. The Morgan fingerprint density at radius 3 is 2.64 bits per heavy atom. The molecule has 0 radical (unpaired) electrons. The lowest BCUT2D eigenvalue weighted by molar-refractivity contribution is -0.597. The van der Waals surface area contributed by atoms with E-state index in [9.17, 15) is 5.21 Å². The minimum absolute atomic E-state index is 0.316. The van der Waals surface area contributed by atoms with Crippen molar-refractivity contribution >= 4 is 11.6 Å². The van der Waals surface area contributed by atoms with Crippen molar-refractivity contribution in [3.05, 3.63) is 53.1 Å². The first kappa shape index (κ1) is 8.97. The fourth-order valence-corrected chi connectivity index (χ4v) is 1.35. The summed E-state index contributed by atoms with van der Waals surface area (Å²) in [6.07, 6.45) is 1.16. The minimum Gasteiger partial charge on any atom is -0.710 e. The van der Waals surface area contributed by atoms with Gasteiger partial charge in [-0.25, -0.2) is 4.73 Å². The van der Waals surface area contributed by atoms with Crippen molar-refractivity contribution in [2.45, 2.75) is 0 Å². The van der Waals surface area contributed by atoms with E-state index in [-0.39, 0.29) is 0 Å². The Kier molecular flexibility index (Phi) is 2.33. The predicted molar refractivity (Wildman–Crippen MR) is 53.6 cm³/mol. The first-order valence-electron chi connectivity index (χ1n) is 4.07. The lowest BCUT2D eigenvalue weighted by Gasteiger charge is -2.06. The molecule has 3 nitrogen and oxygen atoms in total. The van der Waals surface area contributed by atoms with Gasteiger partial charge in [-0.2, -0.15) is 0 Å². The van der Waals surface area contributed by atoms with Crippen LogP contribution in [0.4, 0.5) is 0 Å². The molecule has 0 spiro atoms. The molecular formula is C10H7ClN2O. The molecule has 0 aliphatic carbocycles. The van der Waals surface area contributed by atoms with Crippen LogP contribution in [0.2, 0.25) is 5.15 Å². The standard InChI is InChI=1S/C10H7ClN2O/c11-10-6-9(13(14)7-12-10)8-4-2-1-3-5-8/h1-7H. The Bertz CT molecular complexity index is 445. The predicted octanol–water partition coefficient (Wildman–Crippen LogP) is 2.04. The molecule has 0 saturated carbocycles. The van der Waals surface area contributed by atoms with Crippen molar-refractivity contribution in [2.24, 2.45) is 0 Å². The lowest BCUT2D eigenvalue weighted by atomic mass is 10.1. The monoisotopic (exact) mass is 206 g/mol. The number of hydrogen-bond donors (Lipinski definition) is 0. The highest BCUT2D eigenvalue weighted by Crippen LogP contribution is 2.16. The second-order valence-electron chi connectivity index (χ2n) is 2.79. The van der Waals surface area contributed by atoms with E-state index in [0.29, 0.717) is 15.6 Å². The zero-order chi connectivity index (χ0) is 9.97. The Balaban J connectivity index is 2.57. The fourth-order valence-electron chi connectivity index (χ4n) is 1.20. The minimum atomic E-state index is 0.316. The van der Waals surface area contributed by atoms with E-state index in [1.165, 1.54) is 0 Å². The van der Waals surface area contributed by atoms with Gasteiger partial charge >= 0.3 is 0 Å². The quantitative estimate of drug-likeness (QED) is 0.407. The first-order chi connectivity index (χ1) is 6.77. The largest absolute Gasteiger partial charge is 0.710 e. The third-order valence-electron chi connectivity index (χ3n) is 1.85. The highest BCUT2D eigenvalue weighted by atomic mass is 35.5. The molecule has 1 aromatic carbocycles. The number of aromatic nitrogens is 2. The number of halogens is 1. The second-order valence-corrected chi connectivity index (χ2v) is 3.18. The van der Waals surface area contributed by atoms with Gasteiger partial charge in [0.05, 0.1) is 0 Å². The summed E-state index contributed by atoms with van der Waals surface area (Å²) in [6, 6.07) is 10.9. The van der Waals surface area contributed by atoms with E-state index in [2.05, 4.69) is 4.98 Å². The van der Waals surface area contributed by atoms with E-state index < -0.39 is 0 Å². The van der Waals surface area contributed by atoms with Crippen LogP contribution in [0.15, 0.2) is 42.7 Å². The molecule has 1 aromatic heterocycles. The van der Waals surface area contributed by atoms with Gasteiger partial charge in [-0.1, -0.05) is 30.3 Å². The molecule has 0 fully saturated rings. The highest BCUT2D eigenvalue weighted by Gasteiger charge is 2.06. The summed E-state index contributed by atoms with van der Waals surface area (Å²) in [5.74, 6) is 0. The molecule has 14 heavy (non-hydrogen) atoms. The van der Waals surface area contributed by atoms with E-state index in [1.807, 2.05) is 30.3 Å². The summed E-state index contributed by atoms with van der Waals surface area (Å²) >= 11 is 5.70. The Hall–Kier alpha value is -1.61. The van der Waals surface area contributed by atoms with Crippen molar-refractivity contribution in [1.82, 2.24) is 4.98 Å². The molecule has 1 heterocycles. The summed E-state index contributed by atoms with van der Waals surface area (Å²) in [5, 5.41) is 11.7. The summed E-state index contributed by atoms with van der Waals surface area (Å²) in [6.45, 7) is 0. The molecule has 0 aliphatic heterocycles. The topological polar surface area (TPSA) is 39.8 Å². The van der Waals surface area contributed by atoms with Gasteiger partial charge < -0.3 is 5.21 Å². The van der Waals surface area contributed by atoms with Gasteiger partial charge in [-0.05, 0) is 16.6 Å². The highest BCUT2D eigenvalue weighted by molar-refractivity contribution is 6.29. The SMILES string of the molecule is [O-][n+]1cnc(Cl)cc1-c1ccccc1. The van der Waals surface area contributed by atoms with Crippen LogP contribution in [0.3, 0.4) is 0 Å². The van der Waals surface area contributed by atoms with Gasteiger partial charge in [0.25, 0.3) is 6.33 Å². The van der Waals surface area contributed by atoms with Crippen molar-refractivity contribution in [2.75, 3.05) is 0 Å². The maximum Gasteiger partial charge on any atom is 0.291 e. The third kappa shape index (κ3) is 1.67. The number of hydrogen-bond acceptors (Lipinski definition) is 2. The van der Waals surface area contributed by atoms with Gasteiger partial charge in [0, 0.05) is 11.6 Å². The number of rotatable bonds is 1. The normalized spacial score (nSPS) is 10.1. The average Bonchev–Trinajstić information content (AvgIpc) is 2.23. The summed E-state index contributed by atoms with van der Waals surface area (Å²) in [5.41, 5.74) is 1.33. The molecule has 0 aliphatic rings. The summed E-state index contributed by atoms with van der Waals surface area (Å²) < 4.78 is 0.696. The third-order valence-corrected chi connectivity index (χ3v) is 2.06. The van der Waals surface area contributed by atoms with Crippen LogP contribution in [-0.2, 0) is 0 Å². The average molecular weight is 207 g/mol. The summed E-state index contributed by atoms with van der Waals surface area (Å²) in [4.78, 5) is 3.68. The molecule has 0 unspecified atom stereocenters. The van der Waals surface area contributed by atoms with Crippen LogP contribution < -0.4 is 4.73 Å². The Morgan fingerprint density at radius 1 is 1.21 bits per heavy atom. The van der Waals surface area contributed by atoms with Gasteiger partial charge in [0.1, 0.15) is 5.69 Å². The molecule has 0 bridgehead atoms. The van der Waals surface area contributed by atoms with Crippen LogP contribution >= 0.6 is 11.6 Å². The van der Waals surface area contributed by atoms with Crippen molar-refractivity contribution in [3.63, 3.8) is 0 Å². The van der Waals surface area contributed by atoms with Gasteiger partial charge in [0.15, 0.2) is 0 Å². The smallest absolute Gasteiger partial charge is 0.291 e. The van der Waals surface area contributed by atoms with Gasteiger partial charge in [-0.15, -0.1) is 0 Å². The maximum atomic E-state index is 11.4. The maximum absolute atomic E-state index is 11.4. The second kappa shape index (κ2) is 3.64.